The molecule has 2 amide bonds. The van der Waals surface area contributed by atoms with Gasteiger partial charge in [-0.15, -0.1) is 0 Å². The molecule has 0 fully saturated rings. The highest BCUT2D eigenvalue weighted by Crippen LogP contribution is 2.24. The molecule has 0 saturated heterocycles. The molecule has 0 aliphatic rings. The molecule has 1 heterocycles. The van der Waals surface area contributed by atoms with Crippen LogP contribution in [0.3, 0.4) is 0 Å². The second-order valence-electron chi connectivity index (χ2n) is 7.84. The van der Waals surface area contributed by atoms with E-state index in [0.29, 0.717) is 17.8 Å². The van der Waals surface area contributed by atoms with E-state index in [9.17, 15) is 9.59 Å². The monoisotopic (exact) mass is 435 g/mol. The predicted octanol–water partition coefficient (Wildman–Crippen LogP) is 5.51. The predicted molar refractivity (Wildman–Crippen MR) is 132 cm³/mol. The molecule has 1 N–H and O–H groups in total. The Morgan fingerprint density at radius 2 is 1.52 bits per heavy atom. The van der Waals surface area contributed by atoms with Crippen LogP contribution in [0, 0.1) is 6.92 Å². The number of benzene rings is 3. The quantitative estimate of drug-likeness (QED) is 0.434. The van der Waals surface area contributed by atoms with E-state index < -0.39 is 0 Å². The molecule has 0 spiro atoms. The van der Waals surface area contributed by atoms with Crippen molar-refractivity contribution in [3.8, 4) is 11.3 Å². The number of rotatable bonds is 6. The largest absolute Gasteiger partial charge is 0.311 e. The summed E-state index contributed by atoms with van der Waals surface area (Å²) in [5.74, 6) is 0.337. The summed E-state index contributed by atoms with van der Waals surface area (Å²) in [5, 5.41) is 2.87. The summed E-state index contributed by atoms with van der Waals surface area (Å²) in [6, 6.07) is 30.3. The zero-order valence-corrected chi connectivity index (χ0v) is 18.7. The van der Waals surface area contributed by atoms with Crippen molar-refractivity contribution in [1.82, 2.24) is 4.98 Å². The second kappa shape index (κ2) is 9.92. The van der Waals surface area contributed by atoms with Gasteiger partial charge in [-0.25, -0.2) is 4.98 Å². The summed E-state index contributed by atoms with van der Waals surface area (Å²) in [4.78, 5) is 31.5. The molecule has 0 bridgehead atoms. The van der Waals surface area contributed by atoms with Crippen molar-refractivity contribution in [3.05, 3.63) is 114 Å². The minimum absolute atomic E-state index is 0.0536. The zero-order chi connectivity index (χ0) is 23.2. The van der Waals surface area contributed by atoms with Gasteiger partial charge in [0.15, 0.2) is 0 Å². The van der Waals surface area contributed by atoms with Crippen LogP contribution in [0.15, 0.2) is 97.1 Å². The van der Waals surface area contributed by atoms with Crippen molar-refractivity contribution in [2.45, 2.75) is 13.3 Å². The third-order valence-electron chi connectivity index (χ3n) is 5.45. The maximum Gasteiger partial charge on any atom is 0.258 e. The molecule has 0 aliphatic carbocycles. The van der Waals surface area contributed by atoms with Gasteiger partial charge in [0.25, 0.3) is 5.91 Å². The first-order valence-electron chi connectivity index (χ1n) is 10.8. The van der Waals surface area contributed by atoms with Gasteiger partial charge in [0.2, 0.25) is 5.91 Å². The molecule has 5 heteroatoms. The highest BCUT2D eigenvalue weighted by molar-refractivity contribution is 6.06. The first kappa shape index (κ1) is 22.0. The van der Waals surface area contributed by atoms with Gasteiger partial charge in [0.05, 0.1) is 12.1 Å². The van der Waals surface area contributed by atoms with Crippen molar-refractivity contribution in [2.24, 2.45) is 0 Å². The summed E-state index contributed by atoms with van der Waals surface area (Å²) >= 11 is 0. The summed E-state index contributed by atoms with van der Waals surface area (Å²) in [6.07, 6.45) is 0.294. The summed E-state index contributed by atoms with van der Waals surface area (Å²) in [6.45, 7) is 1.93. The average Bonchev–Trinajstić information content (AvgIpc) is 2.84. The lowest BCUT2D eigenvalue weighted by atomic mass is 10.1. The number of nitrogens with one attached hydrogen (secondary N) is 1. The molecule has 3 aromatic carbocycles. The topological polar surface area (TPSA) is 62.3 Å². The smallest absolute Gasteiger partial charge is 0.258 e. The van der Waals surface area contributed by atoms with Crippen molar-refractivity contribution in [2.75, 3.05) is 17.3 Å². The molecule has 0 radical (unpaired) electrons. The number of nitrogens with zero attached hydrogens (tertiary/aromatic N) is 2. The van der Waals surface area contributed by atoms with Crippen LogP contribution in [-0.4, -0.2) is 23.8 Å². The summed E-state index contributed by atoms with van der Waals surface area (Å²) < 4.78 is 0. The highest BCUT2D eigenvalue weighted by Gasteiger charge is 2.15. The van der Waals surface area contributed by atoms with Gasteiger partial charge in [-0.2, -0.15) is 0 Å². The van der Waals surface area contributed by atoms with Crippen LogP contribution >= 0.6 is 0 Å². The molecule has 0 atom stereocenters. The molecule has 164 valence electrons. The number of pyridine rings is 1. The fourth-order valence-electron chi connectivity index (χ4n) is 3.60. The van der Waals surface area contributed by atoms with Gasteiger partial charge in [-0.1, -0.05) is 66.7 Å². The summed E-state index contributed by atoms with van der Waals surface area (Å²) in [5.41, 5.74) is 5.01. The standard InChI is InChI=1S/C28H25N3O2/c1-20-9-6-7-12-24(20)28(33)31(2)23-17-15-22(16-18-23)25-13-8-14-26(29-25)30-27(32)19-21-10-4-3-5-11-21/h3-18H,19H2,1-2H3,(H,29,30,32). The van der Waals surface area contributed by atoms with Gasteiger partial charge in [-0.05, 0) is 48.4 Å². The number of carbonyl (C=O) groups is 2. The zero-order valence-electron chi connectivity index (χ0n) is 18.7. The van der Waals surface area contributed by atoms with Crippen LogP contribution in [0.1, 0.15) is 21.5 Å². The van der Waals surface area contributed by atoms with Crippen molar-refractivity contribution >= 4 is 23.3 Å². The minimum Gasteiger partial charge on any atom is -0.311 e. The normalized spacial score (nSPS) is 10.5. The van der Waals surface area contributed by atoms with Gasteiger partial charge >= 0.3 is 0 Å². The number of carbonyl (C=O) groups excluding carboxylic acids is 2. The fourth-order valence-corrected chi connectivity index (χ4v) is 3.60. The number of aromatic nitrogens is 1. The van der Waals surface area contributed by atoms with Crippen LogP contribution in [0.4, 0.5) is 11.5 Å². The fraction of sp³-hybridized carbons (Fsp3) is 0.107. The maximum atomic E-state index is 12.9. The van der Waals surface area contributed by atoms with E-state index in [1.54, 1.807) is 18.0 Å². The van der Waals surface area contributed by atoms with E-state index in [2.05, 4.69) is 10.3 Å². The average molecular weight is 436 g/mol. The molecule has 4 rings (SSSR count). The molecule has 0 unspecified atom stereocenters. The van der Waals surface area contributed by atoms with E-state index in [1.165, 1.54) is 0 Å². The highest BCUT2D eigenvalue weighted by atomic mass is 16.2. The van der Waals surface area contributed by atoms with Crippen molar-refractivity contribution < 1.29 is 9.59 Å². The number of aryl methyl sites for hydroxylation is 1. The second-order valence-corrected chi connectivity index (χ2v) is 7.84. The Balaban J connectivity index is 1.46. The van der Waals surface area contributed by atoms with E-state index in [4.69, 9.17) is 0 Å². The lowest BCUT2D eigenvalue weighted by molar-refractivity contribution is -0.115. The number of anilines is 2. The molecule has 5 nitrogen and oxygen atoms in total. The first-order valence-corrected chi connectivity index (χ1v) is 10.8. The number of amides is 2. The Hall–Kier alpha value is -4.25. The van der Waals surface area contributed by atoms with Gasteiger partial charge in [0.1, 0.15) is 5.82 Å². The van der Waals surface area contributed by atoms with Crippen LogP contribution in [0.2, 0.25) is 0 Å². The number of hydrogen-bond donors (Lipinski definition) is 1. The van der Waals surface area contributed by atoms with Crippen molar-refractivity contribution in [3.63, 3.8) is 0 Å². The van der Waals surface area contributed by atoms with E-state index in [-0.39, 0.29) is 11.8 Å². The molecule has 0 saturated carbocycles. The molecule has 1 aromatic heterocycles. The van der Waals surface area contributed by atoms with Crippen molar-refractivity contribution in [1.29, 1.82) is 0 Å². The van der Waals surface area contributed by atoms with Gasteiger partial charge in [0, 0.05) is 23.9 Å². The maximum absolute atomic E-state index is 12.9. The van der Waals surface area contributed by atoms with Crippen LogP contribution in [0.5, 0.6) is 0 Å². The molecular weight excluding hydrogens is 410 g/mol. The molecule has 33 heavy (non-hydrogen) atoms. The van der Waals surface area contributed by atoms with E-state index in [0.717, 1.165) is 28.1 Å². The third kappa shape index (κ3) is 5.33. The molecule has 0 aliphatic heterocycles. The Labute approximate surface area is 193 Å². The summed E-state index contributed by atoms with van der Waals surface area (Å²) in [7, 11) is 1.77. The Bertz CT molecular complexity index is 1270. The van der Waals surface area contributed by atoms with Crippen LogP contribution in [-0.2, 0) is 11.2 Å². The Morgan fingerprint density at radius 1 is 0.818 bits per heavy atom. The Morgan fingerprint density at radius 3 is 2.24 bits per heavy atom. The molecule has 4 aromatic rings. The van der Waals surface area contributed by atoms with Crippen LogP contribution in [0.25, 0.3) is 11.3 Å². The minimum atomic E-state index is -0.113. The molecular formula is C28H25N3O2. The lowest BCUT2D eigenvalue weighted by Crippen LogP contribution is -2.26. The van der Waals surface area contributed by atoms with Gasteiger partial charge in [-0.3, -0.25) is 9.59 Å². The Kier molecular flexibility index (Phi) is 6.60. The van der Waals surface area contributed by atoms with Gasteiger partial charge < -0.3 is 10.2 Å². The lowest BCUT2D eigenvalue weighted by Gasteiger charge is -2.19. The third-order valence-corrected chi connectivity index (χ3v) is 5.45. The SMILES string of the molecule is Cc1ccccc1C(=O)N(C)c1ccc(-c2cccc(NC(=O)Cc3ccccc3)n2)cc1. The van der Waals surface area contributed by atoms with E-state index in [1.807, 2.05) is 97.9 Å². The van der Waals surface area contributed by atoms with Crippen LogP contribution < -0.4 is 10.2 Å². The first-order chi connectivity index (χ1) is 16.0. The van der Waals surface area contributed by atoms with E-state index >= 15 is 0 Å². The number of hydrogen-bond acceptors (Lipinski definition) is 3.